The second kappa shape index (κ2) is 13.8. The predicted molar refractivity (Wildman–Crippen MR) is 131 cm³/mol. The van der Waals surface area contributed by atoms with E-state index in [1.165, 1.54) is 23.5 Å². The van der Waals surface area contributed by atoms with E-state index in [0.29, 0.717) is 6.42 Å². The molecular formula is C23H33N3O9S. The van der Waals surface area contributed by atoms with E-state index in [0.717, 1.165) is 38.9 Å². The van der Waals surface area contributed by atoms with E-state index in [9.17, 15) is 32.5 Å². The Morgan fingerprint density at radius 3 is 2.47 bits per heavy atom. The van der Waals surface area contributed by atoms with Gasteiger partial charge in [0, 0.05) is 12.2 Å². The molecule has 1 aliphatic rings. The second-order valence-corrected chi connectivity index (χ2v) is 9.53. The average Bonchev–Trinajstić information content (AvgIpc) is 3.12. The van der Waals surface area contributed by atoms with Gasteiger partial charge in [0.15, 0.2) is 0 Å². The van der Waals surface area contributed by atoms with Gasteiger partial charge in [-0.05, 0) is 24.6 Å². The van der Waals surface area contributed by atoms with Gasteiger partial charge in [-0.15, -0.1) is 0 Å². The van der Waals surface area contributed by atoms with Crippen LogP contribution in [-0.2, 0) is 29.2 Å². The van der Waals surface area contributed by atoms with Gasteiger partial charge in [-0.25, -0.2) is 9.59 Å². The van der Waals surface area contributed by atoms with Crippen LogP contribution < -0.4 is 10.6 Å². The first kappa shape index (κ1) is 29.1. The summed E-state index contributed by atoms with van der Waals surface area (Å²) in [5, 5.41) is 14.2. The lowest BCUT2D eigenvalue weighted by molar-refractivity contribution is -0.136. The molecule has 1 aromatic carbocycles. The first-order valence-corrected chi connectivity index (χ1v) is 13.1. The van der Waals surface area contributed by atoms with Gasteiger partial charge in [0.2, 0.25) is 0 Å². The molecule has 0 atom stereocenters. The highest BCUT2D eigenvalue weighted by atomic mass is 32.2. The molecule has 0 radical (unpaired) electrons. The zero-order chi connectivity index (χ0) is 26.7. The van der Waals surface area contributed by atoms with E-state index >= 15 is 0 Å². The van der Waals surface area contributed by atoms with Gasteiger partial charge >= 0.3 is 12.1 Å². The number of methoxy groups -OCH3 is 1. The van der Waals surface area contributed by atoms with Crippen LogP contribution >= 0.6 is 0 Å². The zero-order valence-corrected chi connectivity index (χ0v) is 21.2. The Kier molecular flexibility index (Phi) is 11.1. The number of hydrogen-bond donors (Lipinski definition) is 4. The third kappa shape index (κ3) is 8.21. The quantitative estimate of drug-likeness (QED) is 0.160. The molecule has 1 aliphatic heterocycles. The van der Waals surface area contributed by atoms with Gasteiger partial charge in [0.25, 0.3) is 16.0 Å². The molecule has 4 N–H and O–H groups in total. The number of rotatable bonds is 14. The summed E-state index contributed by atoms with van der Waals surface area (Å²) >= 11 is 0. The average molecular weight is 528 g/mol. The first-order chi connectivity index (χ1) is 17.1. The molecule has 0 saturated carbocycles. The fourth-order valence-electron chi connectivity index (χ4n) is 3.62. The van der Waals surface area contributed by atoms with Gasteiger partial charge in [0.05, 0.1) is 38.1 Å². The summed E-state index contributed by atoms with van der Waals surface area (Å²) in [6, 6.07) is 3.45. The topological polar surface area (TPSA) is 172 Å². The van der Waals surface area contributed by atoms with Crippen LogP contribution in [0.2, 0.25) is 0 Å². The van der Waals surface area contributed by atoms with Crippen molar-refractivity contribution in [1.29, 1.82) is 0 Å². The maximum atomic E-state index is 12.8. The molecule has 200 valence electrons. The Morgan fingerprint density at radius 1 is 1.14 bits per heavy atom. The van der Waals surface area contributed by atoms with Crippen molar-refractivity contribution in [3.63, 3.8) is 0 Å². The SMILES string of the molecule is CCCCCCCCOC(=O)Nc1ccc(S(=O)(=O)O)c(NC2=C(C(=O)OC)CN(CCO)C2=O)c1. The molecule has 36 heavy (non-hydrogen) atoms. The number of esters is 1. The van der Waals surface area contributed by atoms with Gasteiger partial charge in [-0.1, -0.05) is 39.0 Å². The van der Waals surface area contributed by atoms with Gasteiger partial charge in [-0.2, -0.15) is 8.42 Å². The Morgan fingerprint density at radius 2 is 1.83 bits per heavy atom. The molecule has 1 heterocycles. The summed E-state index contributed by atoms with van der Waals surface area (Å²) in [6.45, 7) is 1.75. The van der Waals surface area contributed by atoms with Crippen molar-refractivity contribution in [3.8, 4) is 0 Å². The number of aliphatic hydroxyl groups excluding tert-OH is 1. The molecule has 0 aromatic heterocycles. The third-order valence-electron chi connectivity index (χ3n) is 5.45. The third-order valence-corrected chi connectivity index (χ3v) is 6.36. The number of nitrogens with one attached hydrogen (secondary N) is 2. The molecule has 0 spiro atoms. The van der Waals surface area contributed by atoms with Crippen molar-refractivity contribution in [2.45, 2.75) is 50.3 Å². The number of aliphatic hydroxyl groups is 1. The van der Waals surface area contributed by atoms with E-state index < -0.39 is 33.0 Å². The van der Waals surface area contributed by atoms with Crippen molar-refractivity contribution in [2.24, 2.45) is 0 Å². The highest BCUT2D eigenvalue weighted by molar-refractivity contribution is 7.86. The maximum Gasteiger partial charge on any atom is 0.411 e. The summed E-state index contributed by atoms with van der Waals surface area (Å²) in [4.78, 5) is 37.7. The second-order valence-electron chi connectivity index (χ2n) is 8.14. The maximum absolute atomic E-state index is 12.8. The number of nitrogens with zero attached hydrogens (tertiary/aromatic N) is 1. The number of anilines is 2. The van der Waals surface area contributed by atoms with Crippen LogP contribution in [0.3, 0.4) is 0 Å². The summed E-state index contributed by atoms with van der Waals surface area (Å²) in [7, 11) is -3.62. The molecule has 0 unspecified atom stereocenters. The Hall–Kier alpha value is -3.16. The lowest BCUT2D eigenvalue weighted by Crippen LogP contribution is -2.31. The van der Waals surface area contributed by atoms with Crippen LogP contribution in [0, 0.1) is 0 Å². The monoisotopic (exact) mass is 527 g/mol. The number of carbonyl (C=O) groups excluding carboxylic acids is 3. The standard InChI is InChI=1S/C23H33N3O9S/c1-3-4-5-6-7-8-13-35-23(30)24-16-9-10-19(36(31,32)33)18(14-16)25-20-17(22(29)34-2)15-26(11-12-27)21(20)28/h9-10,14,25,27H,3-8,11-13,15H2,1-2H3,(H,24,30)(H,31,32,33). The van der Waals surface area contributed by atoms with E-state index in [1.54, 1.807) is 0 Å². The van der Waals surface area contributed by atoms with Gasteiger partial charge in [-0.3, -0.25) is 14.7 Å². The Balaban J connectivity index is 2.19. The van der Waals surface area contributed by atoms with E-state index in [4.69, 9.17) is 9.47 Å². The lowest BCUT2D eigenvalue weighted by atomic mass is 10.1. The number of benzene rings is 1. The summed E-state index contributed by atoms with van der Waals surface area (Å²) in [5.41, 5.74) is -0.505. The molecule has 0 fully saturated rings. The number of carbonyl (C=O) groups is 3. The lowest BCUT2D eigenvalue weighted by Gasteiger charge is -2.16. The summed E-state index contributed by atoms with van der Waals surface area (Å²) in [6.07, 6.45) is 5.39. The van der Waals surface area contributed by atoms with Crippen molar-refractivity contribution < 1.29 is 41.9 Å². The van der Waals surface area contributed by atoms with Gasteiger partial charge < -0.3 is 24.8 Å². The Labute approximate surface area is 210 Å². The van der Waals surface area contributed by atoms with Crippen LogP contribution in [0.5, 0.6) is 0 Å². The summed E-state index contributed by atoms with van der Waals surface area (Å²) < 4.78 is 43.3. The first-order valence-electron chi connectivity index (χ1n) is 11.7. The number of ether oxygens (including phenoxy) is 2. The van der Waals surface area contributed by atoms with Crippen LogP contribution in [0.25, 0.3) is 0 Å². The molecule has 13 heteroatoms. The largest absolute Gasteiger partial charge is 0.466 e. The molecule has 0 bridgehead atoms. The fourth-order valence-corrected chi connectivity index (χ4v) is 4.24. The van der Waals surface area contributed by atoms with Crippen LogP contribution in [0.15, 0.2) is 34.4 Å². The highest BCUT2D eigenvalue weighted by Crippen LogP contribution is 2.30. The smallest absolute Gasteiger partial charge is 0.411 e. The number of amides is 2. The van der Waals surface area contributed by atoms with Crippen molar-refractivity contribution >= 4 is 39.5 Å². The van der Waals surface area contributed by atoms with Gasteiger partial charge in [0.1, 0.15) is 10.6 Å². The van der Waals surface area contributed by atoms with Crippen LogP contribution in [0.4, 0.5) is 16.2 Å². The molecule has 2 amide bonds. The molecule has 12 nitrogen and oxygen atoms in total. The van der Waals surface area contributed by atoms with Crippen molar-refractivity contribution in [3.05, 3.63) is 29.5 Å². The molecule has 1 aromatic rings. The van der Waals surface area contributed by atoms with E-state index in [2.05, 4.69) is 17.6 Å². The number of hydrogen-bond acceptors (Lipinski definition) is 9. The number of unbranched alkanes of at least 4 members (excludes halogenated alkanes) is 5. The van der Waals surface area contributed by atoms with E-state index in [1.807, 2.05) is 0 Å². The fraction of sp³-hybridized carbons (Fsp3) is 0.522. The Bertz CT molecular complexity index is 1090. The molecule has 2 rings (SSSR count). The minimum atomic E-state index is -4.74. The highest BCUT2D eigenvalue weighted by Gasteiger charge is 2.35. The van der Waals surface area contributed by atoms with Crippen LogP contribution in [-0.4, -0.2) is 74.4 Å². The van der Waals surface area contributed by atoms with Crippen molar-refractivity contribution in [1.82, 2.24) is 4.90 Å². The zero-order valence-electron chi connectivity index (χ0n) is 20.4. The minimum Gasteiger partial charge on any atom is -0.466 e. The molecule has 0 saturated heterocycles. The van der Waals surface area contributed by atoms with Crippen molar-refractivity contribution in [2.75, 3.05) is 44.0 Å². The number of β-amino-alcohol motifs (C(OH)–C–C–N with tert-alkyl or cyclic N) is 1. The summed E-state index contributed by atoms with van der Waals surface area (Å²) in [5.74, 6) is -1.50. The predicted octanol–water partition coefficient (Wildman–Crippen LogP) is 2.52. The molecular weight excluding hydrogens is 494 g/mol. The van der Waals surface area contributed by atoms with E-state index in [-0.39, 0.29) is 48.9 Å². The van der Waals surface area contributed by atoms with Crippen LogP contribution in [0.1, 0.15) is 45.4 Å². The normalized spacial score (nSPS) is 13.7. The minimum absolute atomic E-state index is 0.0678. The molecule has 0 aliphatic carbocycles.